The molecule has 0 saturated heterocycles. The van der Waals surface area contributed by atoms with E-state index in [4.69, 9.17) is 5.73 Å². The van der Waals surface area contributed by atoms with Crippen molar-refractivity contribution in [3.63, 3.8) is 0 Å². The maximum absolute atomic E-state index is 12.8. The zero-order valence-electron chi connectivity index (χ0n) is 5.95. The summed E-state index contributed by atoms with van der Waals surface area (Å²) in [7, 11) is 0. The molecule has 0 radical (unpaired) electrons. The Balaban J connectivity index is 1.97. The number of nitrogens with two attached hydrogens (primary N) is 1. The van der Waals surface area contributed by atoms with E-state index in [1.54, 1.807) is 0 Å². The van der Waals surface area contributed by atoms with Gasteiger partial charge < -0.3 is 5.73 Å². The Morgan fingerprint density at radius 2 is 2.20 bits per heavy atom. The Hall–Kier alpha value is 0.370. The molecule has 1 aliphatic rings. The van der Waals surface area contributed by atoms with Crippen LogP contribution in [0.25, 0.3) is 0 Å². The van der Waals surface area contributed by atoms with Gasteiger partial charge in [-0.25, -0.2) is 4.39 Å². The first-order valence-electron chi connectivity index (χ1n) is 3.74. The third-order valence-electron chi connectivity index (χ3n) is 1.96. The van der Waals surface area contributed by atoms with Crippen molar-refractivity contribution in [2.45, 2.75) is 30.3 Å². The predicted molar refractivity (Wildman–Crippen MR) is 43.8 cm³/mol. The molecule has 1 aliphatic carbocycles. The molecule has 0 bridgehead atoms. The van der Waals surface area contributed by atoms with Crippen LogP contribution in [0.4, 0.5) is 4.39 Å². The molecule has 10 heavy (non-hydrogen) atoms. The molecule has 3 heteroatoms. The number of unbranched alkanes of at least 4 members (excludes halogenated alkanes) is 1. The summed E-state index contributed by atoms with van der Waals surface area (Å²) in [5.41, 5.74) is 5.30. The van der Waals surface area contributed by atoms with Crippen molar-refractivity contribution in [3.05, 3.63) is 0 Å². The molecule has 1 rings (SSSR count). The first-order chi connectivity index (χ1) is 4.67. The lowest BCUT2D eigenvalue weighted by Crippen LogP contribution is -1.99. The minimum atomic E-state index is -1.01. The van der Waals surface area contributed by atoms with Gasteiger partial charge in [-0.05, 0) is 41.7 Å². The van der Waals surface area contributed by atoms with Gasteiger partial charge in [-0.15, -0.1) is 0 Å². The minimum Gasteiger partial charge on any atom is -0.330 e. The molecule has 1 saturated carbocycles. The second-order valence-corrected chi connectivity index (χ2v) is 4.26. The molecule has 0 heterocycles. The molecular formula is C7H13BrFN. The van der Waals surface area contributed by atoms with E-state index in [2.05, 4.69) is 15.9 Å². The predicted octanol–water partition coefficient (Wildman–Crippen LogP) is 2.20. The largest absolute Gasteiger partial charge is 0.330 e. The lowest BCUT2D eigenvalue weighted by atomic mass is 10.2. The van der Waals surface area contributed by atoms with Crippen molar-refractivity contribution in [1.82, 2.24) is 0 Å². The molecule has 0 amide bonds. The third kappa shape index (κ3) is 2.20. The Kier molecular flexibility index (Phi) is 2.69. The van der Waals surface area contributed by atoms with E-state index in [-0.39, 0.29) is 5.92 Å². The van der Waals surface area contributed by atoms with Gasteiger partial charge in [-0.3, -0.25) is 0 Å². The first kappa shape index (κ1) is 8.47. The number of hydrogen-bond acceptors (Lipinski definition) is 1. The summed E-state index contributed by atoms with van der Waals surface area (Å²) in [5.74, 6) is 0.263. The summed E-state index contributed by atoms with van der Waals surface area (Å²) < 4.78 is 11.8. The van der Waals surface area contributed by atoms with Crippen LogP contribution in [0.1, 0.15) is 25.7 Å². The molecule has 2 atom stereocenters. The lowest BCUT2D eigenvalue weighted by Gasteiger charge is -1.97. The summed E-state index contributed by atoms with van der Waals surface area (Å²) in [6.07, 6.45) is 3.77. The Morgan fingerprint density at radius 1 is 1.60 bits per heavy atom. The normalized spacial score (nSPS) is 38.1. The quantitative estimate of drug-likeness (QED) is 0.558. The van der Waals surface area contributed by atoms with Crippen LogP contribution in [0.5, 0.6) is 0 Å². The molecule has 0 aromatic heterocycles. The topological polar surface area (TPSA) is 26.0 Å². The fourth-order valence-corrected chi connectivity index (χ4v) is 1.74. The van der Waals surface area contributed by atoms with E-state index in [1.807, 2.05) is 0 Å². The van der Waals surface area contributed by atoms with Crippen molar-refractivity contribution in [2.75, 3.05) is 6.54 Å². The van der Waals surface area contributed by atoms with E-state index in [1.165, 1.54) is 0 Å². The van der Waals surface area contributed by atoms with Gasteiger partial charge in [0.1, 0.15) is 0 Å². The molecule has 60 valence electrons. The molecule has 1 nitrogen and oxygen atoms in total. The molecule has 2 unspecified atom stereocenters. The number of rotatable bonds is 4. The van der Waals surface area contributed by atoms with E-state index in [9.17, 15) is 4.39 Å². The third-order valence-corrected chi connectivity index (χ3v) is 2.93. The second kappa shape index (κ2) is 3.18. The van der Waals surface area contributed by atoms with Crippen molar-refractivity contribution < 1.29 is 4.39 Å². The van der Waals surface area contributed by atoms with Gasteiger partial charge in [-0.1, -0.05) is 6.42 Å². The lowest BCUT2D eigenvalue weighted by molar-refractivity contribution is 0.402. The molecule has 0 aromatic carbocycles. The van der Waals surface area contributed by atoms with Crippen molar-refractivity contribution >= 4 is 15.9 Å². The highest BCUT2D eigenvalue weighted by atomic mass is 79.9. The fourth-order valence-electron chi connectivity index (χ4n) is 1.12. The zero-order chi connectivity index (χ0) is 7.61. The van der Waals surface area contributed by atoms with E-state index in [0.29, 0.717) is 6.42 Å². The summed E-state index contributed by atoms with van der Waals surface area (Å²) in [6, 6.07) is 0. The van der Waals surface area contributed by atoms with Crippen molar-refractivity contribution in [1.29, 1.82) is 0 Å². The number of hydrogen-bond donors (Lipinski definition) is 1. The van der Waals surface area contributed by atoms with Crippen LogP contribution < -0.4 is 5.73 Å². The van der Waals surface area contributed by atoms with Gasteiger partial charge in [-0.2, -0.15) is 0 Å². The van der Waals surface area contributed by atoms with Crippen molar-refractivity contribution in [3.8, 4) is 0 Å². The Labute approximate surface area is 69.3 Å². The minimum absolute atomic E-state index is 0.263. The SMILES string of the molecule is NCCCCC1CC1(F)Br. The first-order valence-corrected chi connectivity index (χ1v) is 4.54. The van der Waals surface area contributed by atoms with Crippen LogP contribution in [0.15, 0.2) is 0 Å². The number of alkyl halides is 2. The second-order valence-electron chi connectivity index (χ2n) is 2.95. The van der Waals surface area contributed by atoms with Crippen LogP contribution in [-0.4, -0.2) is 11.1 Å². The summed E-state index contributed by atoms with van der Waals surface area (Å²) in [6.45, 7) is 0.730. The summed E-state index contributed by atoms with van der Waals surface area (Å²) in [4.78, 5) is 0. The van der Waals surface area contributed by atoms with Crippen LogP contribution in [-0.2, 0) is 0 Å². The molecular weight excluding hydrogens is 197 g/mol. The molecule has 0 aliphatic heterocycles. The van der Waals surface area contributed by atoms with E-state index < -0.39 is 4.58 Å². The fraction of sp³-hybridized carbons (Fsp3) is 1.00. The smallest absolute Gasteiger partial charge is 0.168 e. The van der Waals surface area contributed by atoms with Gasteiger partial charge in [0.25, 0.3) is 0 Å². The highest BCUT2D eigenvalue weighted by Gasteiger charge is 2.52. The summed E-state index contributed by atoms with van der Waals surface area (Å²) >= 11 is 3.01. The Bertz CT molecular complexity index is 116. The van der Waals surface area contributed by atoms with E-state index >= 15 is 0 Å². The molecule has 1 fully saturated rings. The van der Waals surface area contributed by atoms with Gasteiger partial charge >= 0.3 is 0 Å². The van der Waals surface area contributed by atoms with Crippen LogP contribution in [0.3, 0.4) is 0 Å². The summed E-state index contributed by atoms with van der Waals surface area (Å²) in [5, 5.41) is 0. The van der Waals surface area contributed by atoms with Gasteiger partial charge in [0.2, 0.25) is 0 Å². The van der Waals surface area contributed by atoms with Gasteiger partial charge in [0.15, 0.2) is 4.58 Å². The van der Waals surface area contributed by atoms with Crippen LogP contribution >= 0.6 is 15.9 Å². The van der Waals surface area contributed by atoms with Crippen LogP contribution in [0, 0.1) is 5.92 Å². The van der Waals surface area contributed by atoms with E-state index in [0.717, 1.165) is 25.8 Å². The molecule has 0 spiro atoms. The zero-order valence-corrected chi connectivity index (χ0v) is 7.53. The monoisotopic (exact) mass is 209 g/mol. The van der Waals surface area contributed by atoms with Gasteiger partial charge in [0.05, 0.1) is 0 Å². The molecule has 0 aromatic rings. The average molecular weight is 210 g/mol. The maximum Gasteiger partial charge on any atom is 0.168 e. The highest BCUT2D eigenvalue weighted by Crippen LogP contribution is 2.54. The standard InChI is InChI=1S/C7H13BrFN/c8-7(9)5-6(7)3-1-2-4-10/h6H,1-5,10H2. The highest BCUT2D eigenvalue weighted by molar-refractivity contribution is 9.10. The maximum atomic E-state index is 12.8. The molecule has 2 N–H and O–H groups in total. The Morgan fingerprint density at radius 3 is 2.60 bits per heavy atom. The van der Waals surface area contributed by atoms with Crippen LogP contribution in [0.2, 0.25) is 0 Å². The van der Waals surface area contributed by atoms with Gasteiger partial charge in [0, 0.05) is 5.92 Å². The number of halogens is 2. The van der Waals surface area contributed by atoms with Crippen molar-refractivity contribution in [2.24, 2.45) is 11.7 Å². The average Bonchev–Trinajstić information content (AvgIpc) is 2.41.